The lowest BCUT2D eigenvalue weighted by atomic mass is 10.0. The van der Waals surface area contributed by atoms with E-state index in [1.165, 1.54) is 17.8 Å². The molecule has 0 unspecified atom stereocenters. The van der Waals surface area contributed by atoms with Gasteiger partial charge in [0, 0.05) is 31.1 Å². The summed E-state index contributed by atoms with van der Waals surface area (Å²) in [6.07, 6.45) is 2.48. The maximum atomic E-state index is 14.7. The molecule has 6 nitrogen and oxygen atoms in total. The van der Waals surface area contributed by atoms with Gasteiger partial charge in [0.15, 0.2) is 11.6 Å². The Kier molecular flexibility index (Phi) is 6.94. The number of piperidine rings is 1. The molecule has 3 aromatic rings. The maximum Gasteiger partial charge on any atom is 0.275 e. The summed E-state index contributed by atoms with van der Waals surface area (Å²) in [6, 6.07) is 11.0. The lowest BCUT2D eigenvalue weighted by Gasteiger charge is -2.32. The number of hydrogen-bond acceptors (Lipinski definition) is 3. The summed E-state index contributed by atoms with van der Waals surface area (Å²) in [5.41, 5.74) is 0.259. The lowest BCUT2D eigenvalue weighted by Crippen LogP contribution is -2.38. The normalized spacial score (nSPS) is 13.8. The zero-order valence-corrected chi connectivity index (χ0v) is 19.1. The smallest absolute Gasteiger partial charge is 0.275 e. The highest BCUT2D eigenvalue weighted by molar-refractivity contribution is 6.34. The van der Waals surface area contributed by atoms with Gasteiger partial charge >= 0.3 is 0 Å². The van der Waals surface area contributed by atoms with Gasteiger partial charge in [0.05, 0.1) is 17.3 Å². The van der Waals surface area contributed by atoms with Gasteiger partial charge in [0.1, 0.15) is 11.4 Å². The monoisotopic (exact) mass is 482 g/mol. The van der Waals surface area contributed by atoms with Crippen molar-refractivity contribution in [1.82, 2.24) is 14.7 Å². The number of hydrogen-bond donors (Lipinski definition) is 1. The standard InChI is InChI=1S/C25H21ClF2N4O2/c1-16(33)31-11-9-19(10-12-31)32-24(20(26)15-29-32)25(34)30-23-21(27)13-18(14-22(23)28)8-7-17-5-3-2-4-6-17/h2-6,13-15,19H,9-12H2,1H3,(H,30,34). The molecular weight excluding hydrogens is 462 g/mol. The van der Waals surface area contributed by atoms with Crippen molar-refractivity contribution in [3.8, 4) is 11.8 Å². The molecule has 1 aliphatic heterocycles. The third kappa shape index (κ3) is 5.10. The summed E-state index contributed by atoms with van der Waals surface area (Å²) >= 11 is 6.19. The third-order valence-electron chi connectivity index (χ3n) is 5.63. The van der Waals surface area contributed by atoms with Crippen LogP contribution >= 0.6 is 11.6 Å². The van der Waals surface area contributed by atoms with Crippen molar-refractivity contribution in [2.75, 3.05) is 18.4 Å². The van der Waals surface area contributed by atoms with Crippen LogP contribution in [0.4, 0.5) is 14.5 Å². The molecule has 9 heteroatoms. The Balaban J connectivity index is 1.53. The van der Waals surface area contributed by atoms with Gasteiger partial charge in [-0.25, -0.2) is 8.78 Å². The van der Waals surface area contributed by atoms with E-state index in [0.717, 1.165) is 12.1 Å². The number of halogens is 3. The van der Waals surface area contributed by atoms with Crippen LogP contribution in [0.15, 0.2) is 48.7 Å². The molecule has 1 saturated heterocycles. The van der Waals surface area contributed by atoms with Crippen LogP contribution in [0.1, 0.15) is 47.4 Å². The quantitative estimate of drug-likeness (QED) is 0.552. The molecule has 0 radical (unpaired) electrons. The molecule has 34 heavy (non-hydrogen) atoms. The lowest BCUT2D eigenvalue weighted by molar-refractivity contribution is -0.130. The number of anilines is 1. The van der Waals surface area contributed by atoms with Gasteiger partial charge in [0.2, 0.25) is 5.91 Å². The number of carbonyl (C=O) groups is 2. The van der Waals surface area contributed by atoms with Crippen molar-refractivity contribution in [3.63, 3.8) is 0 Å². The Morgan fingerprint density at radius 2 is 1.68 bits per heavy atom. The van der Waals surface area contributed by atoms with Crippen molar-refractivity contribution in [2.24, 2.45) is 0 Å². The molecule has 0 saturated carbocycles. The van der Waals surface area contributed by atoms with Crippen molar-refractivity contribution >= 4 is 29.1 Å². The highest BCUT2D eigenvalue weighted by Gasteiger charge is 2.28. The topological polar surface area (TPSA) is 67.2 Å². The van der Waals surface area contributed by atoms with Gasteiger partial charge in [-0.3, -0.25) is 14.3 Å². The van der Waals surface area contributed by atoms with E-state index in [9.17, 15) is 18.4 Å². The predicted octanol–water partition coefficient (Wildman–Crippen LogP) is 4.65. The molecule has 2 amide bonds. The first-order valence-corrected chi connectivity index (χ1v) is 11.1. The summed E-state index contributed by atoms with van der Waals surface area (Å²) < 4.78 is 30.9. The van der Waals surface area contributed by atoms with Crippen molar-refractivity contribution in [1.29, 1.82) is 0 Å². The van der Waals surface area contributed by atoms with Gasteiger partial charge < -0.3 is 10.2 Å². The molecular formula is C25H21ClF2N4O2. The second kappa shape index (κ2) is 10.1. The molecule has 4 rings (SSSR count). The zero-order valence-electron chi connectivity index (χ0n) is 18.3. The molecule has 174 valence electrons. The summed E-state index contributed by atoms with van der Waals surface area (Å²) in [5.74, 6) is 2.84. The van der Waals surface area contributed by atoms with Crippen LogP contribution in [0.25, 0.3) is 0 Å². The van der Waals surface area contributed by atoms with E-state index in [1.54, 1.807) is 17.0 Å². The Labute approximate surface area is 200 Å². The Morgan fingerprint density at radius 1 is 1.06 bits per heavy atom. The van der Waals surface area contributed by atoms with Crippen molar-refractivity contribution in [3.05, 3.63) is 82.1 Å². The molecule has 2 heterocycles. The van der Waals surface area contributed by atoms with Gasteiger partial charge in [-0.2, -0.15) is 5.10 Å². The molecule has 0 atom stereocenters. The summed E-state index contributed by atoms with van der Waals surface area (Å²) in [6.45, 7) is 2.55. The molecule has 0 spiro atoms. The van der Waals surface area contributed by atoms with E-state index in [-0.39, 0.29) is 28.2 Å². The predicted molar refractivity (Wildman–Crippen MR) is 124 cm³/mol. The number of nitrogens with zero attached hydrogens (tertiary/aromatic N) is 3. The fraction of sp³-hybridized carbons (Fsp3) is 0.240. The largest absolute Gasteiger partial charge is 0.343 e. The second-order valence-electron chi connectivity index (χ2n) is 7.91. The van der Waals surface area contributed by atoms with E-state index >= 15 is 0 Å². The Morgan fingerprint density at radius 3 is 2.29 bits per heavy atom. The summed E-state index contributed by atoms with van der Waals surface area (Å²) in [4.78, 5) is 26.2. The van der Waals surface area contributed by atoms with Crippen LogP contribution in [0.5, 0.6) is 0 Å². The Bertz CT molecular complexity index is 1270. The molecule has 1 N–H and O–H groups in total. The van der Waals surface area contributed by atoms with Crippen LogP contribution in [-0.4, -0.2) is 39.6 Å². The van der Waals surface area contributed by atoms with Crippen LogP contribution in [0, 0.1) is 23.5 Å². The molecule has 0 bridgehead atoms. The van der Waals surface area contributed by atoms with Crippen LogP contribution in [0.3, 0.4) is 0 Å². The first-order chi connectivity index (χ1) is 16.3. The van der Waals surface area contributed by atoms with Crippen LogP contribution in [-0.2, 0) is 4.79 Å². The SMILES string of the molecule is CC(=O)N1CCC(n2ncc(Cl)c2C(=O)Nc2c(F)cc(C#Cc3ccccc3)cc2F)CC1. The number of aromatic nitrogens is 2. The van der Waals surface area contributed by atoms with E-state index in [0.29, 0.717) is 31.5 Å². The van der Waals surface area contributed by atoms with Gasteiger partial charge in [-0.05, 0) is 37.1 Å². The number of rotatable bonds is 3. The van der Waals surface area contributed by atoms with Crippen molar-refractivity contribution in [2.45, 2.75) is 25.8 Å². The Hall–Kier alpha value is -3.70. The maximum absolute atomic E-state index is 14.7. The number of carbonyl (C=O) groups excluding carboxylic acids is 2. The molecule has 1 aliphatic rings. The highest BCUT2D eigenvalue weighted by Crippen LogP contribution is 2.28. The average molecular weight is 483 g/mol. The van der Waals surface area contributed by atoms with E-state index in [2.05, 4.69) is 22.3 Å². The number of nitrogens with one attached hydrogen (secondary N) is 1. The minimum Gasteiger partial charge on any atom is -0.343 e. The van der Waals surface area contributed by atoms with Gasteiger partial charge in [-0.15, -0.1) is 0 Å². The van der Waals surface area contributed by atoms with Crippen molar-refractivity contribution < 1.29 is 18.4 Å². The fourth-order valence-electron chi connectivity index (χ4n) is 3.86. The minimum absolute atomic E-state index is 0.00897. The number of benzene rings is 2. The fourth-order valence-corrected chi connectivity index (χ4v) is 4.08. The number of likely N-dealkylation sites (tertiary alicyclic amines) is 1. The molecule has 2 aromatic carbocycles. The highest BCUT2D eigenvalue weighted by atomic mass is 35.5. The van der Waals surface area contributed by atoms with Crippen LogP contribution in [0.2, 0.25) is 5.02 Å². The molecule has 1 fully saturated rings. The first kappa shape index (κ1) is 23.5. The molecule has 0 aliphatic carbocycles. The summed E-state index contributed by atoms with van der Waals surface area (Å²) in [7, 11) is 0. The van der Waals surface area contributed by atoms with E-state index in [1.807, 2.05) is 18.2 Å². The van der Waals surface area contributed by atoms with Crippen LogP contribution < -0.4 is 5.32 Å². The summed E-state index contributed by atoms with van der Waals surface area (Å²) in [5, 5.41) is 6.55. The second-order valence-corrected chi connectivity index (χ2v) is 8.32. The number of amides is 2. The van der Waals surface area contributed by atoms with Gasteiger partial charge in [0.25, 0.3) is 5.91 Å². The molecule has 1 aromatic heterocycles. The minimum atomic E-state index is -0.956. The zero-order chi connectivity index (χ0) is 24.2. The first-order valence-electron chi connectivity index (χ1n) is 10.7. The van der Waals surface area contributed by atoms with E-state index in [4.69, 9.17) is 11.6 Å². The van der Waals surface area contributed by atoms with Gasteiger partial charge in [-0.1, -0.05) is 41.6 Å². The van der Waals surface area contributed by atoms with E-state index < -0.39 is 23.2 Å². The average Bonchev–Trinajstić information content (AvgIpc) is 3.22. The third-order valence-corrected chi connectivity index (χ3v) is 5.90.